The monoisotopic (exact) mass is 463 g/mol. The maximum atomic E-state index is 12.9. The molecule has 1 fully saturated rings. The van der Waals surface area contributed by atoms with E-state index in [0.29, 0.717) is 29.1 Å². The third kappa shape index (κ3) is 4.12. The minimum Gasteiger partial charge on any atom is -0.399 e. The van der Waals surface area contributed by atoms with E-state index in [4.69, 9.17) is 11.0 Å². The summed E-state index contributed by atoms with van der Waals surface area (Å²) in [6.07, 6.45) is 3.64. The standard InChI is InChI=1S/C23H25N7O2S/c1-14-8-11-29(18(31)7-10-24)20(15-3-5-16(25)6-4-15)19(14)28(2)21-17-9-12-30(23(32)33)22(17)27-13-26-21/h3-6,9,12-14,19-20H,7-8,11,25H2,1-2H3,(H,32,33)/t14-,19-,20?/m1/s1. The van der Waals surface area contributed by atoms with Gasteiger partial charge in [-0.1, -0.05) is 31.7 Å². The van der Waals surface area contributed by atoms with Crippen LogP contribution in [-0.2, 0) is 4.79 Å². The van der Waals surface area contributed by atoms with Crippen LogP contribution in [0.4, 0.5) is 16.3 Å². The molecule has 3 atom stereocenters. The summed E-state index contributed by atoms with van der Waals surface area (Å²) in [5.74, 6) is 0.659. The normalized spacial score (nSPS) is 20.4. The second-order valence-corrected chi connectivity index (χ2v) is 8.69. The fraction of sp³-hybridized carbons (Fsp3) is 0.348. The molecule has 2 N–H and O–H groups in total. The van der Waals surface area contributed by atoms with Gasteiger partial charge in [-0.2, -0.15) is 5.26 Å². The summed E-state index contributed by atoms with van der Waals surface area (Å²) in [5, 5.41) is 9.43. The second kappa shape index (κ2) is 9.11. The molecule has 1 aliphatic rings. The van der Waals surface area contributed by atoms with E-state index in [0.717, 1.165) is 12.0 Å². The lowest BCUT2D eigenvalue weighted by Gasteiger charge is -2.48. The highest BCUT2D eigenvalue weighted by molar-refractivity contribution is 7.96. The largest absolute Gasteiger partial charge is 0.399 e. The number of benzene rings is 1. The fourth-order valence-electron chi connectivity index (χ4n) is 4.78. The minimum absolute atomic E-state index is 0.141. The lowest BCUT2D eigenvalue weighted by molar-refractivity contribution is -0.135. The number of carbonyl (C=O) groups is 2. The van der Waals surface area contributed by atoms with Crippen molar-refractivity contribution in [2.45, 2.75) is 31.8 Å². The second-order valence-electron chi connectivity index (χ2n) is 8.30. The number of amides is 1. The summed E-state index contributed by atoms with van der Waals surface area (Å²) in [7, 11) is 1.94. The molecule has 1 aromatic carbocycles. The van der Waals surface area contributed by atoms with E-state index >= 15 is 0 Å². The number of fused-ring (bicyclic) bond motifs is 1. The quantitative estimate of drug-likeness (QED) is 0.450. The molecule has 0 saturated carbocycles. The van der Waals surface area contributed by atoms with Gasteiger partial charge in [0.2, 0.25) is 5.91 Å². The molecular formula is C23H25N7O2S. The molecule has 9 nitrogen and oxygen atoms in total. The highest BCUT2D eigenvalue weighted by atomic mass is 32.1. The number of nitrogens with two attached hydrogens (primary N) is 1. The van der Waals surface area contributed by atoms with Gasteiger partial charge in [-0.15, -0.1) is 0 Å². The predicted octanol–water partition coefficient (Wildman–Crippen LogP) is 3.24. The molecule has 0 spiro atoms. The van der Waals surface area contributed by atoms with Crippen LogP contribution in [0.25, 0.3) is 11.0 Å². The molecule has 0 radical (unpaired) electrons. The molecule has 1 aliphatic heterocycles. The van der Waals surface area contributed by atoms with Crippen molar-refractivity contribution in [3.8, 4) is 6.07 Å². The summed E-state index contributed by atoms with van der Waals surface area (Å²) in [5.41, 5.74) is 7.96. The van der Waals surface area contributed by atoms with E-state index in [9.17, 15) is 9.59 Å². The highest BCUT2D eigenvalue weighted by Crippen LogP contribution is 2.40. The molecule has 33 heavy (non-hydrogen) atoms. The van der Waals surface area contributed by atoms with Crippen LogP contribution in [0.3, 0.4) is 0 Å². The average molecular weight is 464 g/mol. The van der Waals surface area contributed by atoms with Gasteiger partial charge in [-0.25, -0.2) is 9.97 Å². The predicted molar refractivity (Wildman–Crippen MR) is 129 cm³/mol. The zero-order chi connectivity index (χ0) is 23.7. The van der Waals surface area contributed by atoms with Crippen molar-refractivity contribution in [2.75, 3.05) is 24.2 Å². The summed E-state index contributed by atoms with van der Waals surface area (Å²) in [4.78, 5) is 37.4. The third-order valence-electron chi connectivity index (χ3n) is 6.34. The first kappa shape index (κ1) is 22.6. The molecule has 10 heteroatoms. The van der Waals surface area contributed by atoms with E-state index in [1.165, 1.54) is 10.9 Å². The maximum absolute atomic E-state index is 12.9. The van der Waals surface area contributed by atoms with E-state index in [2.05, 4.69) is 34.4 Å². The SMILES string of the molecule is C[C@@H]1CCN(C(=O)CC#N)C(c2ccc(N)cc2)[C@@H]1N(C)c1ncnc2c1ccn2C(=O)S. The van der Waals surface area contributed by atoms with Gasteiger partial charge < -0.3 is 15.5 Å². The van der Waals surface area contributed by atoms with E-state index in [1.54, 1.807) is 17.2 Å². The topological polar surface area (TPSA) is 121 Å². The van der Waals surface area contributed by atoms with Crippen LogP contribution >= 0.6 is 12.6 Å². The number of piperidine rings is 1. The Hall–Kier alpha value is -3.58. The summed E-state index contributed by atoms with van der Waals surface area (Å²) in [6, 6.07) is 10.8. The van der Waals surface area contributed by atoms with Gasteiger partial charge in [0.05, 0.1) is 23.5 Å². The Labute approximate surface area is 197 Å². The number of aromatic nitrogens is 3. The molecule has 1 saturated heterocycles. The molecule has 1 amide bonds. The molecule has 2 aromatic heterocycles. The highest BCUT2D eigenvalue weighted by Gasteiger charge is 2.42. The molecular weight excluding hydrogens is 438 g/mol. The smallest absolute Gasteiger partial charge is 0.288 e. The Morgan fingerprint density at radius 1 is 1.27 bits per heavy atom. The van der Waals surface area contributed by atoms with E-state index < -0.39 is 5.24 Å². The van der Waals surface area contributed by atoms with Crippen molar-refractivity contribution in [1.82, 2.24) is 19.4 Å². The minimum atomic E-state index is -0.434. The number of rotatable bonds is 4. The van der Waals surface area contributed by atoms with Crippen molar-refractivity contribution in [1.29, 1.82) is 5.26 Å². The van der Waals surface area contributed by atoms with Gasteiger partial charge in [-0.05, 0) is 36.1 Å². The number of carbonyl (C=O) groups excluding carboxylic acids is 2. The molecule has 1 unspecified atom stereocenters. The first-order chi connectivity index (χ1) is 15.8. The van der Waals surface area contributed by atoms with E-state index in [-0.39, 0.29) is 30.3 Å². The number of nitrogen functional groups attached to an aromatic ring is 1. The van der Waals surface area contributed by atoms with Crippen LogP contribution in [0.15, 0.2) is 42.9 Å². The Bertz CT molecular complexity index is 1230. The maximum Gasteiger partial charge on any atom is 0.288 e. The van der Waals surface area contributed by atoms with Gasteiger partial charge in [0, 0.05) is 25.5 Å². The number of thiol groups is 1. The number of hydrogen-bond acceptors (Lipinski definition) is 7. The van der Waals surface area contributed by atoms with Crippen molar-refractivity contribution < 1.29 is 9.59 Å². The number of hydrogen-bond donors (Lipinski definition) is 2. The zero-order valence-electron chi connectivity index (χ0n) is 18.4. The molecule has 3 heterocycles. The summed E-state index contributed by atoms with van der Waals surface area (Å²) in [6.45, 7) is 2.71. The number of anilines is 2. The van der Waals surface area contributed by atoms with Crippen LogP contribution in [0.5, 0.6) is 0 Å². The first-order valence-corrected chi connectivity index (χ1v) is 11.1. The average Bonchev–Trinajstić information content (AvgIpc) is 3.24. The van der Waals surface area contributed by atoms with Crippen LogP contribution in [-0.4, -0.2) is 50.2 Å². The van der Waals surface area contributed by atoms with Crippen LogP contribution < -0.4 is 10.6 Å². The van der Waals surface area contributed by atoms with Gasteiger partial charge in [0.25, 0.3) is 5.24 Å². The van der Waals surface area contributed by atoms with Crippen LogP contribution in [0.2, 0.25) is 0 Å². The number of likely N-dealkylation sites (tertiary alicyclic amines) is 1. The third-order valence-corrected chi connectivity index (χ3v) is 6.56. The molecule has 4 rings (SSSR count). The van der Waals surface area contributed by atoms with Crippen molar-refractivity contribution in [3.05, 3.63) is 48.4 Å². The molecule has 0 bridgehead atoms. The number of likely N-dealkylation sites (N-methyl/N-ethyl adjacent to an activating group) is 1. The Balaban J connectivity index is 1.83. The van der Waals surface area contributed by atoms with Gasteiger partial charge in [-0.3, -0.25) is 14.2 Å². The van der Waals surface area contributed by atoms with Gasteiger partial charge >= 0.3 is 0 Å². The van der Waals surface area contributed by atoms with Crippen LogP contribution in [0.1, 0.15) is 31.4 Å². The first-order valence-electron chi connectivity index (χ1n) is 10.6. The van der Waals surface area contributed by atoms with Crippen molar-refractivity contribution in [2.24, 2.45) is 5.92 Å². The van der Waals surface area contributed by atoms with E-state index in [1.807, 2.05) is 37.4 Å². The summed E-state index contributed by atoms with van der Waals surface area (Å²) < 4.78 is 1.36. The lowest BCUT2D eigenvalue weighted by Crippen LogP contribution is -2.54. The van der Waals surface area contributed by atoms with Crippen molar-refractivity contribution >= 4 is 46.3 Å². The van der Waals surface area contributed by atoms with Crippen LogP contribution in [0, 0.1) is 17.2 Å². The Morgan fingerprint density at radius 3 is 2.67 bits per heavy atom. The zero-order valence-corrected chi connectivity index (χ0v) is 19.3. The van der Waals surface area contributed by atoms with Crippen molar-refractivity contribution in [3.63, 3.8) is 0 Å². The van der Waals surface area contributed by atoms with Gasteiger partial charge in [0.15, 0.2) is 5.65 Å². The molecule has 3 aromatic rings. The number of nitrogens with zero attached hydrogens (tertiary/aromatic N) is 6. The number of nitriles is 1. The lowest BCUT2D eigenvalue weighted by atomic mass is 9.82. The summed E-state index contributed by atoms with van der Waals surface area (Å²) >= 11 is 3.93. The fourth-order valence-corrected chi connectivity index (χ4v) is 4.94. The molecule has 170 valence electrons. The molecule has 0 aliphatic carbocycles. The Morgan fingerprint density at radius 2 is 2.00 bits per heavy atom. The Kier molecular flexibility index (Phi) is 6.24. The van der Waals surface area contributed by atoms with Gasteiger partial charge in [0.1, 0.15) is 18.6 Å².